The van der Waals surface area contributed by atoms with Crippen LogP contribution in [0.2, 0.25) is 5.02 Å². The molecule has 0 aliphatic carbocycles. The lowest BCUT2D eigenvalue weighted by atomic mass is 10.2. The summed E-state index contributed by atoms with van der Waals surface area (Å²) >= 11 is 5.86. The number of sulfonamides is 1. The van der Waals surface area contributed by atoms with Gasteiger partial charge in [0.25, 0.3) is 0 Å². The fourth-order valence-electron chi connectivity index (χ4n) is 1.76. The Hall–Kier alpha value is -1.57. The summed E-state index contributed by atoms with van der Waals surface area (Å²) in [4.78, 5) is 4.18. The lowest BCUT2D eigenvalue weighted by Crippen LogP contribution is -2.25. The number of nitrogens with one attached hydrogen (secondary N) is 1. The molecule has 0 amide bonds. The maximum atomic E-state index is 12.3. The van der Waals surface area contributed by atoms with Gasteiger partial charge in [0.1, 0.15) is 5.82 Å². The Bertz CT molecular complexity index is 740. The van der Waals surface area contributed by atoms with Crippen LogP contribution in [0.4, 0.5) is 5.69 Å². The second kappa shape index (κ2) is 5.43. The topological polar surface area (TPSA) is 90.0 Å². The van der Waals surface area contributed by atoms with E-state index in [1.807, 2.05) is 0 Å². The first-order valence-corrected chi connectivity index (χ1v) is 7.69. The average Bonchev–Trinajstić information content (AvgIpc) is 2.77. The van der Waals surface area contributed by atoms with Gasteiger partial charge in [-0.05, 0) is 24.6 Å². The van der Waals surface area contributed by atoms with E-state index in [2.05, 4.69) is 9.71 Å². The van der Waals surface area contributed by atoms with Crippen molar-refractivity contribution in [1.82, 2.24) is 14.3 Å². The Balaban J connectivity index is 2.27. The predicted molar refractivity (Wildman–Crippen MR) is 77.8 cm³/mol. The molecule has 0 aliphatic heterocycles. The van der Waals surface area contributed by atoms with Gasteiger partial charge in [-0.3, -0.25) is 0 Å². The van der Waals surface area contributed by atoms with E-state index in [4.69, 9.17) is 17.3 Å². The van der Waals surface area contributed by atoms with Crippen LogP contribution in [0.15, 0.2) is 29.4 Å². The van der Waals surface area contributed by atoms with E-state index in [-0.39, 0.29) is 17.1 Å². The van der Waals surface area contributed by atoms with Gasteiger partial charge in [0.15, 0.2) is 0 Å². The number of anilines is 1. The van der Waals surface area contributed by atoms with Gasteiger partial charge in [0.2, 0.25) is 10.0 Å². The molecule has 0 saturated carbocycles. The molecule has 20 heavy (non-hydrogen) atoms. The molecule has 6 nitrogen and oxygen atoms in total. The van der Waals surface area contributed by atoms with Gasteiger partial charge < -0.3 is 10.3 Å². The zero-order valence-electron chi connectivity index (χ0n) is 11.1. The van der Waals surface area contributed by atoms with Crippen LogP contribution in [0, 0.1) is 6.92 Å². The molecule has 3 N–H and O–H groups in total. The number of halogens is 1. The van der Waals surface area contributed by atoms with Crippen molar-refractivity contribution in [2.24, 2.45) is 7.05 Å². The Kier molecular flexibility index (Phi) is 4.03. The van der Waals surface area contributed by atoms with Crippen molar-refractivity contribution in [3.63, 3.8) is 0 Å². The third-order valence-corrected chi connectivity index (χ3v) is 4.80. The van der Waals surface area contributed by atoms with E-state index in [0.29, 0.717) is 16.4 Å². The molecule has 2 rings (SSSR count). The van der Waals surface area contributed by atoms with E-state index < -0.39 is 10.0 Å². The number of nitrogen functional groups attached to an aromatic ring is 1. The molecule has 0 radical (unpaired) electrons. The molecule has 0 saturated heterocycles. The number of aryl methyl sites for hydroxylation is 2. The number of hydrogen-bond donors (Lipinski definition) is 2. The number of nitrogens with zero attached hydrogens (tertiary/aromatic N) is 2. The predicted octanol–water partition coefficient (Wildman–Crippen LogP) is 1.44. The van der Waals surface area contributed by atoms with Crippen molar-refractivity contribution in [2.75, 3.05) is 5.73 Å². The summed E-state index contributed by atoms with van der Waals surface area (Å²) in [5, 5.41) is 0.338. The fraction of sp³-hybridized carbons (Fsp3) is 0.250. The van der Waals surface area contributed by atoms with Crippen LogP contribution in [-0.4, -0.2) is 18.0 Å². The van der Waals surface area contributed by atoms with Crippen molar-refractivity contribution >= 4 is 27.3 Å². The maximum absolute atomic E-state index is 12.3. The molecule has 1 aromatic carbocycles. The molecule has 1 aromatic heterocycles. The van der Waals surface area contributed by atoms with Gasteiger partial charge in [-0.2, -0.15) is 0 Å². The van der Waals surface area contributed by atoms with E-state index in [9.17, 15) is 8.42 Å². The zero-order valence-corrected chi connectivity index (χ0v) is 12.7. The monoisotopic (exact) mass is 314 g/mol. The number of benzene rings is 1. The molecule has 0 unspecified atom stereocenters. The molecule has 108 valence electrons. The largest absolute Gasteiger partial charge is 0.397 e. The minimum Gasteiger partial charge on any atom is -0.397 e. The highest BCUT2D eigenvalue weighted by Gasteiger charge is 2.18. The van der Waals surface area contributed by atoms with Gasteiger partial charge in [-0.1, -0.05) is 11.6 Å². The van der Waals surface area contributed by atoms with E-state index in [1.54, 1.807) is 30.9 Å². The van der Waals surface area contributed by atoms with Gasteiger partial charge in [0.05, 0.1) is 22.2 Å². The first kappa shape index (κ1) is 14.8. The molecule has 0 fully saturated rings. The molecular formula is C12H15ClN4O2S. The van der Waals surface area contributed by atoms with Crippen molar-refractivity contribution < 1.29 is 8.42 Å². The SMILES string of the molecule is Cc1cc(Cl)c(N)cc1S(=O)(=O)NCc1nccn1C. The van der Waals surface area contributed by atoms with Gasteiger partial charge in [0, 0.05) is 19.4 Å². The normalized spacial score (nSPS) is 11.8. The Morgan fingerprint density at radius 1 is 1.45 bits per heavy atom. The van der Waals surface area contributed by atoms with Gasteiger partial charge >= 0.3 is 0 Å². The highest BCUT2D eigenvalue weighted by atomic mass is 35.5. The van der Waals surface area contributed by atoms with Crippen LogP contribution in [0.25, 0.3) is 0 Å². The van der Waals surface area contributed by atoms with Crippen LogP contribution in [0.1, 0.15) is 11.4 Å². The first-order chi connectivity index (χ1) is 9.31. The fourth-order valence-corrected chi connectivity index (χ4v) is 3.22. The number of nitrogens with two attached hydrogens (primary N) is 1. The minimum atomic E-state index is -3.67. The first-order valence-electron chi connectivity index (χ1n) is 5.83. The van der Waals surface area contributed by atoms with E-state index in [1.165, 1.54) is 12.1 Å². The van der Waals surface area contributed by atoms with Crippen molar-refractivity contribution in [3.8, 4) is 0 Å². The summed E-state index contributed by atoms with van der Waals surface area (Å²) in [7, 11) is -1.87. The molecule has 0 aliphatic rings. The Morgan fingerprint density at radius 3 is 2.75 bits per heavy atom. The minimum absolute atomic E-state index is 0.105. The summed E-state index contributed by atoms with van der Waals surface area (Å²) in [5.41, 5.74) is 6.43. The van der Waals surface area contributed by atoms with Crippen LogP contribution in [-0.2, 0) is 23.6 Å². The van der Waals surface area contributed by atoms with Gasteiger partial charge in [-0.15, -0.1) is 0 Å². The molecule has 0 spiro atoms. The molecule has 0 atom stereocenters. The molecule has 2 aromatic rings. The van der Waals surface area contributed by atoms with Gasteiger partial charge in [-0.25, -0.2) is 18.1 Å². The van der Waals surface area contributed by atoms with Crippen molar-refractivity contribution in [3.05, 3.63) is 40.9 Å². The second-order valence-electron chi connectivity index (χ2n) is 4.42. The third kappa shape index (κ3) is 2.95. The quantitative estimate of drug-likeness (QED) is 0.836. The molecule has 8 heteroatoms. The molecular weight excluding hydrogens is 300 g/mol. The number of hydrogen-bond acceptors (Lipinski definition) is 4. The standard InChI is InChI=1S/C12H15ClN4O2S/c1-8-5-9(13)10(14)6-11(8)20(18,19)16-7-12-15-3-4-17(12)2/h3-6,16H,7,14H2,1-2H3. The zero-order chi connectivity index (χ0) is 14.9. The van der Waals surface area contributed by atoms with Crippen molar-refractivity contribution in [2.45, 2.75) is 18.4 Å². The van der Waals surface area contributed by atoms with Crippen LogP contribution >= 0.6 is 11.6 Å². The summed E-state index contributed by atoms with van der Waals surface area (Å²) in [6.45, 7) is 1.77. The Morgan fingerprint density at radius 2 is 2.15 bits per heavy atom. The van der Waals surface area contributed by atoms with Crippen LogP contribution < -0.4 is 10.5 Å². The lowest BCUT2D eigenvalue weighted by molar-refractivity contribution is 0.577. The highest BCUT2D eigenvalue weighted by molar-refractivity contribution is 7.89. The number of imidazole rings is 1. The van der Waals surface area contributed by atoms with Crippen molar-refractivity contribution in [1.29, 1.82) is 0 Å². The smallest absolute Gasteiger partial charge is 0.241 e. The number of aromatic nitrogens is 2. The summed E-state index contributed by atoms with van der Waals surface area (Å²) in [5.74, 6) is 0.619. The van der Waals surface area contributed by atoms with Crippen LogP contribution in [0.5, 0.6) is 0 Å². The number of rotatable bonds is 4. The van der Waals surface area contributed by atoms with E-state index in [0.717, 1.165) is 0 Å². The summed E-state index contributed by atoms with van der Waals surface area (Å²) in [6, 6.07) is 2.89. The summed E-state index contributed by atoms with van der Waals surface area (Å²) < 4.78 is 28.8. The third-order valence-electron chi connectivity index (χ3n) is 2.93. The molecule has 0 bridgehead atoms. The average molecular weight is 315 g/mol. The summed E-state index contributed by atoms with van der Waals surface area (Å²) in [6.07, 6.45) is 3.35. The lowest BCUT2D eigenvalue weighted by Gasteiger charge is -2.11. The van der Waals surface area contributed by atoms with Crippen LogP contribution in [0.3, 0.4) is 0 Å². The Labute approximate surface area is 122 Å². The maximum Gasteiger partial charge on any atom is 0.241 e. The second-order valence-corrected chi connectivity index (χ2v) is 6.56. The highest BCUT2D eigenvalue weighted by Crippen LogP contribution is 2.26. The van der Waals surface area contributed by atoms with E-state index >= 15 is 0 Å². The molecule has 1 heterocycles.